The van der Waals surface area contributed by atoms with Crippen LogP contribution in [-0.4, -0.2) is 59.4 Å². The molecule has 0 bridgehead atoms. The highest BCUT2D eigenvalue weighted by molar-refractivity contribution is 5.78. The third-order valence-electron chi connectivity index (χ3n) is 5.48. The summed E-state index contributed by atoms with van der Waals surface area (Å²) in [5.74, 6) is 0.784. The molecule has 0 aromatic rings. The number of hydrogen-bond acceptors (Lipinski definition) is 3. The van der Waals surface area contributed by atoms with Gasteiger partial charge in [-0.2, -0.15) is 0 Å². The van der Waals surface area contributed by atoms with Crippen molar-refractivity contribution in [3.05, 3.63) is 0 Å². The van der Waals surface area contributed by atoms with E-state index in [0.29, 0.717) is 24.5 Å². The van der Waals surface area contributed by atoms with Crippen molar-refractivity contribution in [2.45, 2.75) is 71.5 Å². The SMILES string of the molecule is CC(=O)NC(C)C1CCN(C(=O)CN2C(C)CCC2C)CC1. The third-order valence-corrected chi connectivity index (χ3v) is 5.48. The number of likely N-dealkylation sites (tertiary alicyclic amines) is 2. The van der Waals surface area contributed by atoms with Crippen molar-refractivity contribution in [3.8, 4) is 0 Å². The predicted octanol–water partition coefficient (Wildman–Crippen LogP) is 1.62. The third kappa shape index (κ3) is 4.22. The molecular weight excluding hydrogens is 278 g/mol. The Morgan fingerprint density at radius 3 is 2.14 bits per heavy atom. The Morgan fingerprint density at radius 1 is 1.09 bits per heavy atom. The Balaban J connectivity index is 1.78. The fourth-order valence-corrected chi connectivity index (χ4v) is 3.90. The quantitative estimate of drug-likeness (QED) is 0.858. The van der Waals surface area contributed by atoms with Gasteiger partial charge in [-0.3, -0.25) is 14.5 Å². The topological polar surface area (TPSA) is 52.7 Å². The van der Waals surface area contributed by atoms with Gasteiger partial charge in [0.2, 0.25) is 11.8 Å². The van der Waals surface area contributed by atoms with Gasteiger partial charge in [0.15, 0.2) is 0 Å². The molecule has 2 heterocycles. The van der Waals surface area contributed by atoms with Gasteiger partial charge in [-0.1, -0.05) is 0 Å². The second-order valence-electron chi connectivity index (χ2n) is 7.16. The van der Waals surface area contributed by atoms with Crippen LogP contribution in [0.5, 0.6) is 0 Å². The van der Waals surface area contributed by atoms with Crippen molar-refractivity contribution >= 4 is 11.8 Å². The number of nitrogens with zero attached hydrogens (tertiary/aromatic N) is 2. The fourth-order valence-electron chi connectivity index (χ4n) is 3.90. The lowest BCUT2D eigenvalue weighted by molar-refractivity contribution is -0.134. The van der Waals surface area contributed by atoms with Crippen LogP contribution in [0.15, 0.2) is 0 Å². The Labute approximate surface area is 134 Å². The highest BCUT2D eigenvalue weighted by Crippen LogP contribution is 2.25. The molecule has 2 amide bonds. The van der Waals surface area contributed by atoms with Gasteiger partial charge in [0.25, 0.3) is 0 Å². The maximum atomic E-state index is 12.5. The smallest absolute Gasteiger partial charge is 0.236 e. The molecule has 2 saturated heterocycles. The molecule has 5 nitrogen and oxygen atoms in total. The average Bonchev–Trinajstić information content (AvgIpc) is 2.78. The van der Waals surface area contributed by atoms with Gasteiger partial charge in [-0.15, -0.1) is 0 Å². The highest BCUT2D eigenvalue weighted by atomic mass is 16.2. The first-order valence-electron chi connectivity index (χ1n) is 8.69. The Bertz CT molecular complexity index is 395. The van der Waals surface area contributed by atoms with Crippen molar-refractivity contribution in [1.82, 2.24) is 15.1 Å². The average molecular weight is 309 g/mol. The number of piperidine rings is 1. The Kier molecular flexibility index (Phi) is 5.84. The van der Waals surface area contributed by atoms with Crippen LogP contribution in [0.25, 0.3) is 0 Å². The molecule has 5 heteroatoms. The van der Waals surface area contributed by atoms with Crippen LogP contribution in [0.2, 0.25) is 0 Å². The van der Waals surface area contributed by atoms with Crippen LogP contribution in [0, 0.1) is 5.92 Å². The van der Waals surface area contributed by atoms with E-state index < -0.39 is 0 Å². The van der Waals surface area contributed by atoms with E-state index in [4.69, 9.17) is 0 Å². The molecule has 3 atom stereocenters. The molecule has 1 N–H and O–H groups in total. The minimum absolute atomic E-state index is 0.0306. The number of hydrogen-bond donors (Lipinski definition) is 1. The molecule has 0 aliphatic carbocycles. The molecule has 2 aliphatic heterocycles. The lowest BCUT2D eigenvalue weighted by Gasteiger charge is -2.36. The molecule has 0 aromatic heterocycles. The summed E-state index contributed by atoms with van der Waals surface area (Å²) in [6.07, 6.45) is 4.37. The summed E-state index contributed by atoms with van der Waals surface area (Å²) >= 11 is 0. The Morgan fingerprint density at radius 2 is 1.64 bits per heavy atom. The van der Waals surface area contributed by atoms with E-state index in [1.807, 2.05) is 4.90 Å². The van der Waals surface area contributed by atoms with Crippen LogP contribution in [-0.2, 0) is 9.59 Å². The van der Waals surface area contributed by atoms with E-state index >= 15 is 0 Å². The second kappa shape index (κ2) is 7.44. The van der Waals surface area contributed by atoms with Crippen molar-refractivity contribution in [2.75, 3.05) is 19.6 Å². The molecule has 2 rings (SSSR count). The molecule has 0 saturated carbocycles. The van der Waals surface area contributed by atoms with Crippen LogP contribution >= 0.6 is 0 Å². The van der Waals surface area contributed by atoms with Gasteiger partial charge >= 0.3 is 0 Å². The summed E-state index contributed by atoms with van der Waals surface area (Å²) in [6.45, 7) is 10.3. The number of rotatable bonds is 4. The molecule has 126 valence electrons. The van der Waals surface area contributed by atoms with E-state index in [1.165, 1.54) is 12.8 Å². The molecular formula is C17H31N3O2. The van der Waals surface area contributed by atoms with Crippen molar-refractivity contribution < 1.29 is 9.59 Å². The minimum atomic E-state index is 0.0306. The van der Waals surface area contributed by atoms with Crippen LogP contribution in [0.4, 0.5) is 0 Å². The molecule has 22 heavy (non-hydrogen) atoms. The normalized spacial score (nSPS) is 28.6. The first-order valence-corrected chi connectivity index (χ1v) is 8.69. The largest absolute Gasteiger partial charge is 0.354 e. The zero-order chi connectivity index (χ0) is 16.3. The van der Waals surface area contributed by atoms with Gasteiger partial charge in [0.1, 0.15) is 0 Å². The molecule has 2 fully saturated rings. The van der Waals surface area contributed by atoms with Crippen LogP contribution in [0.1, 0.15) is 53.4 Å². The second-order valence-corrected chi connectivity index (χ2v) is 7.16. The van der Waals surface area contributed by atoms with Gasteiger partial charge in [0.05, 0.1) is 6.54 Å². The van der Waals surface area contributed by atoms with E-state index in [0.717, 1.165) is 25.9 Å². The summed E-state index contributed by atoms with van der Waals surface area (Å²) in [5, 5.41) is 2.98. The molecule has 0 spiro atoms. The van der Waals surface area contributed by atoms with Gasteiger partial charge in [0, 0.05) is 38.1 Å². The summed E-state index contributed by atoms with van der Waals surface area (Å²) in [5.41, 5.74) is 0. The van der Waals surface area contributed by atoms with Crippen molar-refractivity contribution in [1.29, 1.82) is 0 Å². The summed E-state index contributed by atoms with van der Waals surface area (Å²) in [6, 6.07) is 1.25. The van der Waals surface area contributed by atoms with E-state index in [1.54, 1.807) is 6.92 Å². The molecule has 0 radical (unpaired) electrons. The number of carbonyl (C=O) groups is 2. The lowest BCUT2D eigenvalue weighted by atomic mass is 9.90. The molecule has 2 aliphatic rings. The van der Waals surface area contributed by atoms with Gasteiger partial charge in [-0.05, 0) is 52.4 Å². The van der Waals surface area contributed by atoms with Crippen molar-refractivity contribution in [3.63, 3.8) is 0 Å². The molecule has 0 aromatic carbocycles. The Hall–Kier alpha value is -1.10. The molecule has 3 unspecified atom stereocenters. The van der Waals surface area contributed by atoms with Crippen molar-refractivity contribution in [2.24, 2.45) is 5.92 Å². The van der Waals surface area contributed by atoms with Gasteiger partial charge in [-0.25, -0.2) is 0 Å². The number of carbonyl (C=O) groups excluding carboxylic acids is 2. The fraction of sp³-hybridized carbons (Fsp3) is 0.882. The zero-order valence-electron chi connectivity index (χ0n) is 14.5. The first-order chi connectivity index (χ1) is 10.4. The minimum Gasteiger partial charge on any atom is -0.354 e. The number of nitrogens with one attached hydrogen (secondary N) is 1. The standard InChI is InChI=1S/C17H31N3O2/c1-12-5-6-13(2)20(12)11-17(22)19-9-7-16(8-10-19)14(3)18-15(4)21/h12-14,16H,5-11H2,1-4H3,(H,18,21). The predicted molar refractivity (Wildman–Crippen MR) is 87.4 cm³/mol. The highest BCUT2D eigenvalue weighted by Gasteiger charge is 2.32. The summed E-state index contributed by atoms with van der Waals surface area (Å²) < 4.78 is 0. The number of amides is 2. The van der Waals surface area contributed by atoms with E-state index in [2.05, 4.69) is 31.0 Å². The zero-order valence-corrected chi connectivity index (χ0v) is 14.5. The summed E-state index contributed by atoms with van der Waals surface area (Å²) in [7, 11) is 0. The van der Waals surface area contributed by atoms with Crippen LogP contribution in [0.3, 0.4) is 0 Å². The van der Waals surface area contributed by atoms with Crippen LogP contribution < -0.4 is 5.32 Å². The van der Waals surface area contributed by atoms with E-state index in [-0.39, 0.29) is 17.9 Å². The van der Waals surface area contributed by atoms with E-state index in [9.17, 15) is 9.59 Å². The maximum Gasteiger partial charge on any atom is 0.236 e. The van der Waals surface area contributed by atoms with Gasteiger partial charge < -0.3 is 10.2 Å². The maximum absolute atomic E-state index is 12.5. The lowest BCUT2D eigenvalue weighted by Crippen LogP contribution is -2.48. The first kappa shape index (κ1) is 17.3. The monoisotopic (exact) mass is 309 g/mol. The summed E-state index contributed by atoms with van der Waals surface area (Å²) in [4.78, 5) is 28.0.